The van der Waals surface area contributed by atoms with Crippen LogP contribution in [0.1, 0.15) is 13.8 Å². The summed E-state index contributed by atoms with van der Waals surface area (Å²) in [5, 5.41) is 6.60. The number of hydrogen-bond acceptors (Lipinski definition) is 4. The normalized spacial score (nSPS) is 16.5. The summed E-state index contributed by atoms with van der Waals surface area (Å²) in [6.45, 7) is 9.02. The van der Waals surface area contributed by atoms with Gasteiger partial charge in [-0.1, -0.05) is 19.1 Å². The first kappa shape index (κ1) is 20.8. The standard InChI is InChI=1S/C17H28N4O2.HI/c1-4-18-17(19-10-11-21(3)5-2)20-12-14-13-22-15-8-6-7-9-16(15)23-14;/h6-9,14H,4-5,10-13H2,1-3H3,(H2,18,19,20);1H. The molecule has 2 rings (SSSR count). The molecule has 2 N–H and O–H groups in total. The number of para-hydroxylation sites is 2. The highest BCUT2D eigenvalue weighted by atomic mass is 127. The number of halogens is 1. The first-order valence-corrected chi connectivity index (χ1v) is 8.32. The number of likely N-dealkylation sites (N-methyl/N-ethyl adjacent to an activating group) is 1. The van der Waals surface area contributed by atoms with Crippen LogP contribution in [-0.2, 0) is 0 Å². The Morgan fingerprint density at radius 1 is 1.25 bits per heavy atom. The third kappa shape index (κ3) is 6.72. The van der Waals surface area contributed by atoms with Crippen molar-refractivity contribution in [1.29, 1.82) is 0 Å². The van der Waals surface area contributed by atoms with Crippen molar-refractivity contribution in [2.45, 2.75) is 20.0 Å². The summed E-state index contributed by atoms with van der Waals surface area (Å²) in [5.74, 6) is 2.42. The minimum absolute atomic E-state index is 0. The quantitative estimate of drug-likeness (QED) is 0.380. The maximum atomic E-state index is 5.92. The fourth-order valence-electron chi connectivity index (χ4n) is 2.21. The van der Waals surface area contributed by atoms with Crippen LogP contribution in [0.3, 0.4) is 0 Å². The Hall–Kier alpha value is -1.22. The van der Waals surface area contributed by atoms with Crippen molar-refractivity contribution >= 4 is 29.9 Å². The molecule has 0 spiro atoms. The Bertz CT molecular complexity index is 513. The second-order valence-corrected chi connectivity index (χ2v) is 5.54. The van der Waals surface area contributed by atoms with Gasteiger partial charge in [-0.3, -0.25) is 0 Å². The Morgan fingerprint density at radius 3 is 2.71 bits per heavy atom. The third-order valence-electron chi connectivity index (χ3n) is 3.69. The Labute approximate surface area is 162 Å². The molecule has 1 aliphatic rings. The summed E-state index contributed by atoms with van der Waals surface area (Å²) in [7, 11) is 2.11. The van der Waals surface area contributed by atoms with E-state index in [0.717, 1.165) is 43.6 Å². The highest BCUT2D eigenvalue weighted by Gasteiger charge is 2.20. The van der Waals surface area contributed by atoms with Gasteiger partial charge in [0, 0.05) is 19.6 Å². The number of hydrogen-bond donors (Lipinski definition) is 2. The smallest absolute Gasteiger partial charge is 0.191 e. The molecule has 0 saturated carbocycles. The van der Waals surface area contributed by atoms with E-state index in [0.29, 0.717) is 13.2 Å². The van der Waals surface area contributed by atoms with Crippen LogP contribution in [0.4, 0.5) is 0 Å². The van der Waals surface area contributed by atoms with Gasteiger partial charge in [0.15, 0.2) is 23.6 Å². The molecule has 0 fully saturated rings. The molecule has 136 valence electrons. The van der Waals surface area contributed by atoms with E-state index in [-0.39, 0.29) is 30.1 Å². The second-order valence-electron chi connectivity index (χ2n) is 5.54. The van der Waals surface area contributed by atoms with Crippen LogP contribution >= 0.6 is 24.0 Å². The Balaban J connectivity index is 0.00000288. The van der Waals surface area contributed by atoms with Gasteiger partial charge in [-0.25, -0.2) is 4.99 Å². The van der Waals surface area contributed by atoms with E-state index in [9.17, 15) is 0 Å². The lowest BCUT2D eigenvalue weighted by Gasteiger charge is -2.25. The molecule has 0 aromatic heterocycles. The number of ether oxygens (including phenoxy) is 2. The molecule has 7 heteroatoms. The molecule has 0 radical (unpaired) electrons. The third-order valence-corrected chi connectivity index (χ3v) is 3.69. The molecule has 1 heterocycles. The molecule has 1 unspecified atom stereocenters. The molecule has 1 aromatic rings. The monoisotopic (exact) mass is 448 g/mol. The second kappa shape index (κ2) is 11.4. The molecule has 24 heavy (non-hydrogen) atoms. The van der Waals surface area contributed by atoms with Crippen LogP contribution in [0.5, 0.6) is 11.5 Å². The zero-order chi connectivity index (χ0) is 16.5. The van der Waals surface area contributed by atoms with Gasteiger partial charge in [0.25, 0.3) is 0 Å². The van der Waals surface area contributed by atoms with E-state index in [2.05, 4.69) is 41.4 Å². The average molecular weight is 448 g/mol. The van der Waals surface area contributed by atoms with Crippen molar-refractivity contribution in [1.82, 2.24) is 15.5 Å². The van der Waals surface area contributed by atoms with Crippen LogP contribution in [-0.4, -0.2) is 63.3 Å². The summed E-state index contributed by atoms with van der Waals surface area (Å²) in [5.41, 5.74) is 0. The lowest BCUT2D eigenvalue weighted by Crippen LogP contribution is -2.42. The molecular weight excluding hydrogens is 419 g/mol. The minimum Gasteiger partial charge on any atom is -0.486 e. The molecule has 1 atom stereocenters. The molecule has 1 aliphatic heterocycles. The van der Waals surface area contributed by atoms with Crippen molar-refractivity contribution in [3.05, 3.63) is 24.3 Å². The SMILES string of the molecule is CCNC(=NCC1COc2ccccc2O1)NCCN(C)CC.I. The molecule has 0 aliphatic carbocycles. The minimum atomic E-state index is -0.0568. The number of nitrogens with one attached hydrogen (secondary N) is 2. The number of nitrogens with zero attached hydrogens (tertiary/aromatic N) is 2. The predicted molar refractivity (Wildman–Crippen MR) is 109 cm³/mol. The van der Waals surface area contributed by atoms with Gasteiger partial charge in [0.1, 0.15) is 6.61 Å². The number of benzene rings is 1. The number of rotatable bonds is 7. The fraction of sp³-hybridized carbons (Fsp3) is 0.588. The van der Waals surface area contributed by atoms with E-state index in [1.54, 1.807) is 0 Å². The first-order valence-electron chi connectivity index (χ1n) is 8.32. The average Bonchev–Trinajstić information content (AvgIpc) is 2.59. The van der Waals surface area contributed by atoms with Gasteiger partial charge in [0.05, 0.1) is 6.54 Å². The summed E-state index contributed by atoms with van der Waals surface area (Å²) in [4.78, 5) is 6.86. The van der Waals surface area contributed by atoms with Crippen molar-refractivity contribution in [3.8, 4) is 11.5 Å². The van der Waals surface area contributed by atoms with E-state index in [1.165, 1.54) is 0 Å². The van der Waals surface area contributed by atoms with Gasteiger partial charge in [-0.05, 0) is 32.6 Å². The lowest BCUT2D eigenvalue weighted by molar-refractivity contribution is 0.0971. The molecular formula is C17H29IN4O2. The van der Waals surface area contributed by atoms with Crippen LogP contribution in [0, 0.1) is 0 Å². The zero-order valence-corrected chi connectivity index (χ0v) is 17.1. The number of aliphatic imine (C=N–C) groups is 1. The van der Waals surface area contributed by atoms with E-state index in [4.69, 9.17) is 9.47 Å². The van der Waals surface area contributed by atoms with Gasteiger partial charge in [0.2, 0.25) is 0 Å². The Morgan fingerprint density at radius 2 is 2.00 bits per heavy atom. The van der Waals surface area contributed by atoms with Gasteiger partial charge in [-0.2, -0.15) is 0 Å². The van der Waals surface area contributed by atoms with Crippen molar-refractivity contribution in [2.24, 2.45) is 4.99 Å². The highest BCUT2D eigenvalue weighted by Crippen LogP contribution is 2.30. The molecule has 0 amide bonds. The number of fused-ring (bicyclic) bond motifs is 1. The van der Waals surface area contributed by atoms with E-state index in [1.807, 2.05) is 24.3 Å². The van der Waals surface area contributed by atoms with Crippen LogP contribution < -0.4 is 20.1 Å². The molecule has 1 aromatic carbocycles. The van der Waals surface area contributed by atoms with Gasteiger partial charge in [-0.15, -0.1) is 24.0 Å². The zero-order valence-electron chi connectivity index (χ0n) is 14.7. The topological polar surface area (TPSA) is 58.1 Å². The maximum absolute atomic E-state index is 5.92. The van der Waals surface area contributed by atoms with E-state index < -0.39 is 0 Å². The van der Waals surface area contributed by atoms with Crippen molar-refractivity contribution < 1.29 is 9.47 Å². The van der Waals surface area contributed by atoms with Gasteiger partial charge >= 0.3 is 0 Å². The lowest BCUT2D eigenvalue weighted by atomic mass is 10.2. The van der Waals surface area contributed by atoms with Crippen LogP contribution in [0.15, 0.2) is 29.3 Å². The summed E-state index contributed by atoms with van der Waals surface area (Å²) in [6.07, 6.45) is -0.0568. The Kier molecular flexibility index (Phi) is 9.85. The molecule has 6 nitrogen and oxygen atoms in total. The van der Waals surface area contributed by atoms with Crippen LogP contribution in [0.25, 0.3) is 0 Å². The maximum Gasteiger partial charge on any atom is 0.191 e. The summed E-state index contributed by atoms with van der Waals surface area (Å²) >= 11 is 0. The van der Waals surface area contributed by atoms with Crippen molar-refractivity contribution in [3.63, 3.8) is 0 Å². The number of guanidine groups is 1. The molecule has 0 saturated heterocycles. The van der Waals surface area contributed by atoms with Crippen molar-refractivity contribution in [2.75, 3.05) is 46.4 Å². The van der Waals surface area contributed by atoms with E-state index >= 15 is 0 Å². The van der Waals surface area contributed by atoms with Gasteiger partial charge < -0.3 is 25.0 Å². The van der Waals surface area contributed by atoms with Crippen LogP contribution in [0.2, 0.25) is 0 Å². The predicted octanol–water partition coefficient (Wildman–Crippen LogP) is 1.95. The summed E-state index contributed by atoms with van der Waals surface area (Å²) in [6, 6.07) is 7.74. The summed E-state index contributed by atoms with van der Waals surface area (Å²) < 4.78 is 11.6. The first-order chi connectivity index (χ1) is 11.2. The molecule has 0 bridgehead atoms. The fourth-order valence-corrected chi connectivity index (χ4v) is 2.21. The largest absolute Gasteiger partial charge is 0.486 e. The highest BCUT2D eigenvalue weighted by molar-refractivity contribution is 14.0.